The maximum Gasteiger partial charge on any atom is 0.230 e. The van der Waals surface area contributed by atoms with Crippen molar-refractivity contribution in [2.45, 2.75) is 32.6 Å². The number of nitrogens with zero attached hydrogens (tertiary/aromatic N) is 4. The third-order valence-electron chi connectivity index (χ3n) is 2.76. The summed E-state index contributed by atoms with van der Waals surface area (Å²) in [5.41, 5.74) is 2.07. The molecule has 0 bridgehead atoms. The van der Waals surface area contributed by atoms with E-state index in [4.69, 9.17) is 0 Å². The summed E-state index contributed by atoms with van der Waals surface area (Å²) in [7, 11) is 0. The van der Waals surface area contributed by atoms with E-state index < -0.39 is 0 Å². The molecule has 0 radical (unpaired) electrons. The average molecular weight is 299 g/mol. The summed E-state index contributed by atoms with van der Waals surface area (Å²) >= 11 is 4.94. The third-order valence-corrected chi connectivity index (χ3v) is 4.61. The minimum atomic E-state index is 0.602. The SMILES string of the molecule is Cc1nn(-c2nc(C3CC3)ns2)c(C)c1Br. The van der Waals surface area contributed by atoms with Crippen molar-refractivity contribution >= 4 is 27.5 Å². The first-order chi connectivity index (χ1) is 7.66. The Bertz CT molecular complexity index is 541. The van der Waals surface area contributed by atoms with Crippen molar-refractivity contribution in [2.24, 2.45) is 0 Å². The topological polar surface area (TPSA) is 43.6 Å². The summed E-state index contributed by atoms with van der Waals surface area (Å²) < 4.78 is 7.30. The first-order valence-corrected chi connectivity index (χ1v) is 6.79. The molecule has 0 saturated heterocycles. The molecule has 0 atom stereocenters. The molecule has 84 valence electrons. The molecule has 2 aromatic heterocycles. The van der Waals surface area contributed by atoms with E-state index in [1.54, 1.807) is 0 Å². The van der Waals surface area contributed by atoms with E-state index in [1.165, 1.54) is 24.4 Å². The molecular weight excluding hydrogens is 288 g/mol. The smallest absolute Gasteiger partial charge is 0.208 e. The van der Waals surface area contributed by atoms with Gasteiger partial charge in [0.1, 0.15) is 5.82 Å². The molecule has 4 nitrogen and oxygen atoms in total. The van der Waals surface area contributed by atoms with Crippen molar-refractivity contribution in [3.05, 3.63) is 21.7 Å². The van der Waals surface area contributed by atoms with Crippen LogP contribution in [-0.2, 0) is 0 Å². The Morgan fingerprint density at radius 1 is 1.38 bits per heavy atom. The molecule has 6 heteroatoms. The fraction of sp³-hybridized carbons (Fsp3) is 0.500. The number of rotatable bonds is 2. The second-order valence-corrected chi connectivity index (χ2v) is 5.63. The maximum atomic E-state index is 4.54. The monoisotopic (exact) mass is 298 g/mol. The summed E-state index contributed by atoms with van der Waals surface area (Å²) in [6.07, 6.45) is 2.47. The normalized spacial score (nSPS) is 15.7. The van der Waals surface area contributed by atoms with Crippen LogP contribution in [0.15, 0.2) is 4.47 Å². The van der Waals surface area contributed by atoms with E-state index in [0.717, 1.165) is 26.8 Å². The lowest BCUT2D eigenvalue weighted by Crippen LogP contribution is -1.98. The number of hydrogen-bond donors (Lipinski definition) is 0. The van der Waals surface area contributed by atoms with Gasteiger partial charge in [-0.3, -0.25) is 0 Å². The Morgan fingerprint density at radius 3 is 2.69 bits per heavy atom. The number of hydrogen-bond acceptors (Lipinski definition) is 4. The second-order valence-electron chi connectivity index (χ2n) is 4.11. The molecule has 2 aromatic rings. The first kappa shape index (κ1) is 10.4. The molecule has 1 saturated carbocycles. The number of aromatic nitrogens is 4. The van der Waals surface area contributed by atoms with Gasteiger partial charge in [-0.15, -0.1) is 0 Å². The van der Waals surface area contributed by atoms with Gasteiger partial charge in [-0.25, -0.2) is 9.67 Å². The molecule has 0 spiro atoms. The lowest BCUT2D eigenvalue weighted by molar-refractivity contribution is 0.814. The Kier molecular flexibility index (Phi) is 2.36. The van der Waals surface area contributed by atoms with E-state index in [-0.39, 0.29) is 0 Å². The molecule has 0 amide bonds. The molecule has 3 rings (SSSR count). The largest absolute Gasteiger partial charge is 0.230 e. The molecule has 0 aliphatic heterocycles. The second kappa shape index (κ2) is 3.63. The highest BCUT2D eigenvalue weighted by Gasteiger charge is 2.28. The molecule has 2 heterocycles. The van der Waals surface area contributed by atoms with E-state index in [1.807, 2.05) is 18.5 Å². The van der Waals surface area contributed by atoms with Crippen molar-refractivity contribution in [2.75, 3.05) is 0 Å². The first-order valence-electron chi connectivity index (χ1n) is 5.22. The summed E-state index contributed by atoms with van der Waals surface area (Å²) in [5, 5.41) is 5.32. The fourth-order valence-electron chi connectivity index (χ4n) is 1.63. The van der Waals surface area contributed by atoms with Crippen molar-refractivity contribution in [3.8, 4) is 5.13 Å². The zero-order valence-corrected chi connectivity index (χ0v) is 11.5. The van der Waals surface area contributed by atoms with Crippen LogP contribution in [-0.4, -0.2) is 19.1 Å². The Morgan fingerprint density at radius 2 is 2.12 bits per heavy atom. The van der Waals surface area contributed by atoms with Gasteiger partial charge >= 0.3 is 0 Å². The molecule has 1 aliphatic rings. The lowest BCUT2D eigenvalue weighted by atomic mass is 10.4. The van der Waals surface area contributed by atoms with Crippen molar-refractivity contribution in [1.82, 2.24) is 19.1 Å². The fourth-order valence-corrected chi connectivity index (χ4v) is 2.63. The quantitative estimate of drug-likeness (QED) is 0.856. The Labute approximate surface area is 106 Å². The van der Waals surface area contributed by atoms with Gasteiger partial charge in [-0.2, -0.15) is 9.47 Å². The van der Waals surface area contributed by atoms with Crippen LogP contribution in [0, 0.1) is 13.8 Å². The van der Waals surface area contributed by atoms with Gasteiger partial charge in [-0.1, -0.05) is 0 Å². The van der Waals surface area contributed by atoms with Gasteiger partial charge in [0, 0.05) is 17.5 Å². The standard InChI is InChI=1S/C10H11BrN4S/c1-5-8(11)6(2)15(13-5)10-12-9(14-16-10)7-3-4-7/h7H,3-4H2,1-2H3. The number of aryl methyl sites for hydroxylation is 1. The predicted octanol–water partition coefficient (Wildman–Crippen LogP) is 2.98. The minimum Gasteiger partial charge on any atom is -0.208 e. The summed E-state index contributed by atoms with van der Waals surface area (Å²) in [4.78, 5) is 4.54. The number of halogens is 1. The molecule has 1 fully saturated rings. The van der Waals surface area contributed by atoms with Crippen LogP contribution in [0.25, 0.3) is 5.13 Å². The highest BCUT2D eigenvalue weighted by atomic mass is 79.9. The third kappa shape index (κ3) is 1.60. The van der Waals surface area contributed by atoms with Crippen LogP contribution in [0.3, 0.4) is 0 Å². The minimum absolute atomic E-state index is 0.602. The molecule has 0 aromatic carbocycles. The van der Waals surface area contributed by atoms with Crippen molar-refractivity contribution in [1.29, 1.82) is 0 Å². The van der Waals surface area contributed by atoms with Gasteiger partial charge in [0.15, 0.2) is 0 Å². The summed E-state index contributed by atoms with van der Waals surface area (Å²) in [5.74, 6) is 1.59. The van der Waals surface area contributed by atoms with Crippen LogP contribution in [0.2, 0.25) is 0 Å². The molecule has 16 heavy (non-hydrogen) atoms. The highest BCUT2D eigenvalue weighted by molar-refractivity contribution is 9.10. The lowest BCUT2D eigenvalue weighted by Gasteiger charge is -1.96. The molecular formula is C10H11BrN4S. The van der Waals surface area contributed by atoms with E-state index >= 15 is 0 Å². The predicted molar refractivity (Wildman–Crippen MR) is 66.2 cm³/mol. The van der Waals surface area contributed by atoms with Crippen LogP contribution in [0.1, 0.15) is 36.0 Å². The van der Waals surface area contributed by atoms with Crippen LogP contribution in [0.4, 0.5) is 0 Å². The van der Waals surface area contributed by atoms with E-state index in [0.29, 0.717) is 5.92 Å². The highest BCUT2D eigenvalue weighted by Crippen LogP contribution is 2.39. The summed E-state index contributed by atoms with van der Waals surface area (Å²) in [6, 6.07) is 0. The molecule has 1 aliphatic carbocycles. The van der Waals surface area contributed by atoms with Gasteiger partial charge in [0.25, 0.3) is 0 Å². The van der Waals surface area contributed by atoms with E-state index in [9.17, 15) is 0 Å². The van der Waals surface area contributed by atoms with Crippen molar-refractivity contribution in [3.63, 3.8) is 0 Å². The van der Waals surface area contributed by atoms with Gasteiger partial charge in [0.2, 0.25) is 5.13 Å². The van der Waals surface area contributed by atoms with Gasteiger partial charge < -0.3 is 0 Å². The van der Waals surface area contributed by atoms with Crippen LogP contribution >= 0.6 is 27.5 Å². The van der Waals surface area contributed by atoms with Crippen molar-refractivity contribution < 1.29 is 0 Å². The van der Waals surface area contributed by atoms with Crippen LogP contribution in [0.5, 0.6) is 0 Å². The summed E-state index contributed by atoms with van der Waals surface area (Å²) in [6.45, 7) is 4.01. The maximum absolute atomic E-state index is 4.54. The van der Waals surface area contributed by atoms with Crippen LogP contribution < -0.4 is 0 Å². The Balaban J connectivity index is 2.03. The Hall–Kier alpha value is -0.750. The zero-order valence-electron chi connectivity index (χ0n) is 9.07. The van der Waals surface area contributed by atoms with E-state index in [2.05, 4.69) is 30.4 Å². The zero-order chi connectivity index (χ0) is 11.3. The molecule has 0 unspecified atom stereocenters. The van der Waals surface area contributed by atoms with Gasteiger partial charge in [-0.05, 0) is 42.6 Å². The molecule has 0 N–H and O–H groups in total. The van der Waals surface area contributed by atoms with Gasteiger partial charge in [0.05, 0.1) is 15.9 Å². The average Bonchev–Trinajstić information content (AvgIpc) is 2.96.